The lowest BCUT2D eigenvalue weighted by atomic mass is 10.1. The summed E-state index contributed by atoms with van der Waals surface area (Å²) in [6, 6.07) is 0.360. The number of hydrogen-bond acceptors (Lipinski definition) is 3. The van der Waals surface area contributed by atoms with Crippen molar-refractivity contribution in [2.45, 2.75) is 51.5 Å². The maximum Gasteiger partial charge on any atom is 0.291 e. The third-order valence-electron chi connectivity index (χ3n) is 3.81. The van der Waals surface area contributed by atoms with Crippen LogP contribution >= 0.6 is 0 Å². The van der Waals surface area contributed by atoms with Crippen molar-refractivity contribution >= 4 is 5.91 Å². The van der Waals surface area contributed by atoms with Crippen molar-refractivity contribution in [3.8, 4) is 0 Å². The Balaban J connectivity index is 1.65. The van der Waals surface area contributed by atoms with Gasteiger partial charge in [-0.25, -0.2) is 4.98 Å². The molecule has 0 radical (unpaired) electrons. The molecule has 0 aliphatic heterocycles. The minimum atomic E-state index is -0.123. The summed E-state index contributed by atoms with van der Waals surface area (Å²) in [5, 5.41) is 9.95. The third-order valence-corrected chi connectivity index (χ3v) is 3.81. The Kier molecular flexibility index (Phi) is 2.84. The summed E-state index contributed by atoms with van der Waals surface area (Å²) in [5.41, 5.74) is 0. The molecule has 1 aromatic heterocycles. The number of rotatable bonds is 5. The van der Waals surface area contributed by atoms with Gasteiger partial charge in [0.25, 0.3) is 5.91 Å². The number of amides is 1. The fraction of sp³-hybridized carbons (Fsp3) is 0.769. The first kappa shape index (κ1) is 11.7. The average Bonchev–Trinajstić information content (AvgIpc) is 3.24. The summed E-state index contributed by atoms with van der Waals surface area (Å²) in [5.74, 6) is 2.60. The van der Waals surface area contributed by atoms with Gasteiger partial charge in [-0.1, -0.05) is 13.8 Å². The van der Waals surface area contributed by atoms with Crippen LogP contribution in [-0.4, -0.2) is 27.1 Å². The Morgan fingerprint density at radius 1 is 1.28 bits per heavy atom. The quantitative estimate of drug-likeness (QED) is 0.835. The maximum atomic E-state index is 12.1. The van der Waals surface area contributed by atoms with Gasteiger partial charge < -0.3 is 5.32 Å². The zero-order valence-electron chi connectivity index (χ0n) is 10.9. The molecule has 1 amide bonds. The van der Waals surface area contributed by atoms with E-state index < -0.39 is 0 Å². The highest BCUT2D eigenvalue weighted by Gasteiger charge is 2.42. The van der Waals surface area contributed by atoms with Crippen LogP contribution in [0.4, 0.5) is 0 Å². The molecule has 0 aromatic carbocycles. The number of carbonyl (C=O) groups is 1. The van der Waals surface area contributed by atoms with E-state index >= 15 is 0 Å². The van der Waals surface area contributed by atoms with Gasteiger partial charge in [0, 0.05) is 12.0 Å². The minimum Gasteiger partial charge on any atom is -0.346 e. The van der Waals surface area contributed by atoms with Gasteiger partial charge >= 0.3 is 0 Å². The molecule has 0 bridgehead atoms. The van der Waals surface area contributed by atoms with Crippen LogP contribution in [0, 0.1) is 11.8 Å². The molecule has 5 heteroatoms. The third kappa shape index (κ3) is 2.40. The van der Waals surface area contributed by atoms with Crippen LogP contribution in [0.25, 0.3) is 0 Å². The van der Waals surface area contributed by atoms with Crippen molar-refractivity contribution in [1.29, 1.82) is 0 Å². The van der Waals surface area contributed by atoms with Gasteiger partial charge in [0.15, 0.2) is 0 Å². The molecule has 0 atom stereocenters. The van der Waals surface area contributed by atoms with Crippen LogP contribution < -0.4 is 5.32 Å². The topological polar surface area (TPSA) is 70.7 Å². The highest BCUT2D eigenvalue weighted by molar-refractivity contribution is 5.90. The van der Waals surface area contributed by atoms with Gasteiger partial charge in [-0.15, -0.1) is 5.10 Å². The van der Waals surface area contributed by atoms with Gasteiger partial charge in [-0.2, -0.15) is 0 Å². The smallest absolute Gasteiger partial charge is 0.291 e. The molecule has 2 aliphatic rings. The molecule has 1 heterocycles. The Morgan fingerprint density at radius 2 is 1.89 bits per heavy atom. The molecule has 0 spiro atoms. The van der Waals surface area contributed by atoms with Crippen LogP contribution in [0.5, 0.6) is 0 Å². The Labute approximate surface area is 107 Å². The number of nitrogens with zero attached hydrogens (tertiary/aromatic N) is 2. The van der Waals surface area contributed by atoms with E-state index in [9.17, 15) is 4.79 Å². The van der Waals surface area contributed by atoms with Gasteiger partial charge in [0.05, 0.1) is 0 Å². The molecule has 0 unspecified atom stereocenters. The minimum absolute atomic E-state index is 0.123. The van der Waals surface area contributed by atoms with E-state index in [4.69, 9.17) is 0 Å². The number of nitrogens with one attached hydrogen (secondary N) is 2. The van der Waals surface area contributed by atoms with E-state index in [1.54, 1.807) is 0 Å². The van der Waals surface area contributed by atoms with E-state index in [2.05, 4.69) is 20.5 Å². The highest BCUT2D eigenvalue weighted by Crippen LogP contribution is 2.44. The Hall–Kier alpha value is -1.39. The molecule has 3 rings (SSSR count). The lowest BCUT2D eigenvalue weighted by molar-refractivity contribution is 0.0916. The first-order valence-corrected chi connectivity index (χ1v) is 6.88. The number of H-pyrrole nitrogens is 1. The largest absolute Gasteiger partial charge is 0.346 e. The summed E-state index contributed by atoms with van der Waals surface area (Å²) in [6.07, 6.45) is 5.03. The highest BCUT2D eigenvalue weighted by atomic mass is 16.2. The van der Waals surface area contributed by atoms with Crippen molar-refractivity contribution in [2.75, 3.05) is 0 Å². The number of aromatic nitrogens is 3. The van der Waals surface area contributed by atoms with Gasteiger partial charge in [0.2, 0.25) is 5.82 Å². The van der Waals surface area contributed by atoms with E-state index in [0.717, 1.165) is 5.82 Å². The van der Waals surface area contributed by atoms with E-state index in [-0.39, 0.29) is 17.6 Å². The van der Waals surface area contributed by atoms with Crippen LogP contribution in [0.3, 0.4) is 0 Å². The first-order chi connectivity index (χ1) is 8.65. The summed E-state index contributed by atoms with van der Waals surface area (Å²) in [7, 11) is 0. The SMILES string of the molecule is CC(C)c1nc(C(=O)NC(C2CC2)C2CC2)n[nH]1. The fourth-order valence-electron chi connectivity index (χ4n) is 2.38. The van der Waals surface area contributed by atoms with Crippen LogP contribution in [0.15, 0.2) is 0 Å². The summed E-state index contributed by atoms with van der Waals surface area (Å²) >= 11 is 0. The van der Waals surface area contributed by atoms with Crippen LogP contribution in [0.1, 0.15) is 61.9 Å². The Bertz CT molecular complexity index is 434. The normalized spacial score (nSPS) is 19.6. The zero-order chi connectivity index (χ0) is 12.7. The maximum absolute atomic E-state index is 12.1. The number of carbonyl (C=O) groups excluding carboxylic acids is 1. The lowest BCUT2D eigenvalue weighted by Gasteiger charge is -2.16. The predicted molar refractivity (Wildman–Crippen MR) is 67.2 cm³/mol. The number of aromatic amines is 1. The second kappa shape index (κ2) is 4.37. The molecule has 2 saturated carbocycles. The summed E-state index contributed by atoms with van der Waals surface area (Å²) in [6.45, 7) is 4.05. The molecule has 18 heavy (non-hydrogen) atoms. The van der Waals surface area contributed by atoms with E-state index in [1.807, 2.05) is 13.8 Å². The molecular weight excluding hydrogens is 228 g/mol. The van der Waals surface area contributed by atoms with E-state index in [0.29, 0.717) is 17.9 Å². The van der Waals surface area contributed by atoms with Crippen LogP contribution in [-0.2, 0) is 0 Å². The molecule has 2 N–H and O–H groups in total. The number of hydrogen-bond donors (Lipinski definition) is 2. The average molecular weight is 248 g/mol. The molecule has 2 aliphatic carbocycles. The fourth-order valence-corrected chi connectivity index (χ4v) is 2.38. The van der Waals surface area contributed by atoms with Gasteiger partial charge in [-0.3, -0.25) is 9.89 Å². The molecule has 0 saturated heterocycles. The second-order valence-electron chi connectivity index (χ2n) is 5.87. The summed E-state index contributed by atoms with van der Waals surface area (Å²) < 4.78 is 0. The van der Waals surface area contributed by atoms with Gasteiger partial charge in [-0.05, 0) is 37.5 Å². The van der Waals surface area contributed by atoms with Crippen molar-refractivity contribution in [3.63, 3.8) is 0 Å². The lowest BCUT2D eigenvalue weighted by Crippen LogP contribution is -2.38. The standard InChI is InChI=1S/C13H20N4O/c1-7(2)11-15-12(17-16-11)13(18)14-10(8-3-4-8)9-5-6-9/h7-10H,3-6H2,1-2H3,(H,14,18)(H,15,16,17). The zero-order valence-corrected chi connectivity index (χ0v) is 10.9. The molecular formula is C13H20N4O. The molecule has 1 aromatic rings. The van der Waals surface area contributed by atoms with Crippen LogP contribution in [0.2, 0.25) is 0 Å². The van der Waals surface area contributed by atoms with Crippen molar-refractivity contribution in [3.05, 3.63) is 11.6 Å². The molecule has 2 fully saturated rings. The molecule has 98 valence electrons. The monoisotopic (exact) mass is 248 g/mol. The predicted octanol–water partition coefficient (Wildman–Crippen LogP) is 1.85. The Morgan fingerprint density at radius 3 is 2.33 bits per heavy atom. The van der Waals surface area contributed by atoms with Crippen molar-refractivity contribution in [2.24, 2.45) is 11.8 Å². The van der Waals surface area contributed by atoms with Crippen molar-refractivity contribution < 1.29 is 4.79 Å². The van der Waals surface area contributed by atoms with Crippen molar-refractivity contribution in [1.82, 2.24) is 20.5 Å². The first-order valence-electron chi connectivity index (χ1n) is 6.88. The summed E-state index contributed by atoms with van der Waals surface area (Å²) in [4.78, 5) is 16.3. The second-order valence-corrected chi connectivity index (χ2v) is 5.87. The van der Waals surface area contributed by atoms with E-state index in [1.165, 1.54) is 25.7 Å². The molecule has 5 nitrogen and oxygen atoms in total. The van der Waals surface area contributed by atoms with Gasteiger partial charge in [0.1, 0.15) is 5.82 Å².